The van der Waals surface area contributed by atoms with Crippen molar-refractivity contribution in [3.8, 4) is 11.3 Å². The number of amides is 2. The maximum absolute atomic E-state index is 13.8. The summed E-state index contributed by atoms with van der Waals surface area (Å²) in [7, 11) is 0. The van der Waals surface area contributed by atoms with Gasteiger partial charge in [0.25, 0.3) is 5.91 Å². The predicted molar refractivity (Wildman–Crippen MR) is 136 cm³/mol. The van der Waals surface area contributed by atoms with E-state index >= 15 is 0 Å². The second-order valence-electron chi connectivity index (χ2n) is 8.76. The minimum atomic E-state index is -0.812. The number of carbonyl (C=O) groups excluding carboxylic acids is 2. The molecule has 4 aromatic rings. The molecule has 3 N–H and O–H groups in total. The van der Waals surface area contributed by atoms with E-state index in [0.29, 0.717) is 35.6 Å². The van der Waals surface area contributed by atoms with Crippen LogP contribution in [0.4, 0.5) is 10.2 Å². The summed E-state index contributed by atoms with van der Waals surface area (Å²) in [5.74, 6) is -1.14. The van der Waals surface area contributed by atoms with Gasteiger partial charge in [-0.25, -0.2) is 19.6 Å². The first kappa shape index (κ1) is 24.0. The number of anilines is 1. The lowest BCUT2D eigenvalue weighted by Gasteiger charge is -2.32. The minimum absolute atomic E-state index is 0.0643. The quantitative estimate of drug-likeness (QED) is 0.307. The molecule has 0 unspecified atom stereocenters. The number of nitrogens with one attached hydrogen (secondary N) is 1. The van der Waals surface area contributed by atoms with Gasteiger partial charge in [0.05, 0.1) is 17.0 Å². The van der Waals surface area contributed by atoms with Crippen LogP contribution in [0.5, 0.6) is 0 Å². The Morgan fingerprint density at radius 3 is 2.76 bits per heavy atom. The number of piperidine rings is 1. The zero-order chi connectivity index (χ0) is 25.9. The number of nitrogen functional groups attached to an aromatic ring is 1. The number of likely N-dealkylation sites (tertiary alicyclic amines) is 1. The summed E-state index contributed by atoms with van der Waals surface area (Å²) in [5.41, 5.74) is 9.00. The van der Waals surface area contributed by atoms with Gasteiger partial charge in [-0.3, -0.25) is 9.59 Å². The van der Waals surface area contributed by atoms with Crippen LogP contribution in [0.25, 0.3) is 22.3 Å². The second-order valence-corrected chi connectivity index (χ2v) is 8.76. The first-order chi connectivity index (χ1) is 18.0. The highest BCUT2D eigenvalue weighted by atomic mass is 19.1. The van der Waals surface area contributed by atoms with Gasteiger partial charge in [-0.2, -0.15) is 9.49 Å². The Balaban J connectivity index is 1.40. The normalized spacial score (nSPS) is 15.5. The van der Waals surface area contributed by atoms with E-state index in [0.717, 1.165) is 24.0 Å². The number of nitrogens with zero attached hydrogens (tertiary/aromatic N) is 6. The summed E-state index contributed by atoms with van der Waals surface area (Å²) in [5, 5.41) is 8.21. The van der Waals surface area contributed by atoms with Crippen LogP contribution in [0.15, 0.2) is 61.6 Å². The zero-order valence-electron chi connectivity index (χ0n) is 20.0. The van der Waals surface area contributed by atoms with Gasteiger partial charge in [0.1, 0.15) is 17.8 Å². The van der Waals surface area contributed by atoms with E-state index < -0.39 is 11.9 Å². The summed E-state index contributed by atoms with van der Waals surface area (Å²) in [6.45, 7) is 4.98. The van der Waals surface area contributed by atoms with E-state index in [9.17, 15) is 14.0 Å². The van der Waals surface area contributed by atoms with Gasteiger partial charge in [0.15, 0.2) is 5.65 Å². The third-order valence-corrected chi connectivity index (χ3v) is 6.43. The van der Waals surface area contributed by atoms with Gasteiger partial charge in [0.2, 0.25) is 11.9 Å². The van der Waals surface area contributed by atoms with Crippen molar-refractivity contribution in [2.45, 2.75) is 25.4 Å². The van der Waals surface area contributed by atoms with E-state index in [1.54, 1.807) is 4.90 Å². The lowest BCUT2D eigenvalue weighted by molar-refractivity contribution is -0.127. The Bertz CT molecular complexity index is 1480. The third kappa shape index (κ3) is 4.75. The number of hydrogen-bond donors (Lipinski definition) is 2. The smallest absolute Gasteiger partial charge is 0.256 e. The van der Waals surface area contributed by atoms with E-state index in [1.165, 1.54) is 30.7 Å². The highest BCUT2D eigenvalue weighted by Crippen LogP contribution is 2.33. The molecular weight excluding hydrogens is 475 g/mol. The third-order valence-electron chi connectivity index (χ3n) is 6.43. The van der Waals surface area contributed by atoms with Crippen molar-refractivity contribution in [3.63, 3.8) is 0 Å². The van der Waals surface area contributed by atoms with E-state index in [1.807, 2.05) is 28.9 Å². The maximum Gasteiger partial charge on any atom is 0.256 e. The maximum atomic E-state index is 13.8. The van der Waals surface area contributed by atoms with Gasteiger partial charge in [0, 0.05) is 31.4 Å². The molecule has 11 heteroatoms. The van der Waals surface area contributed by atoms with Crippen LogP contribution in [0.3, 0.4) is 0 Å². The molecule has 0 spiro atoms. The summed E-state index contributed by atoms with van der Waals surface area (Å²) in [6, 6.07) is 10.3. The molecule has 0 radical (unpaired) electrons. The van der Waals surface area contributed by atoms with E-state index in [-0.39, 0.29) is 24.1 Å². The monoisotopic (exact) mass is 500 g/mol. The number of rotatable bonds is 6. The SMILES string of the molecule is C=CC(=O)N1CCC[C@@H](n2nc(-c3ccc(CNC(=O)c4cccnc4F)cc3)c3c(N)ncnc32)C1. The molecule has 1 saturated heterocycles. The minimum Gasteiger partial charge on any atom is -0.383 e. The molecule has 1 atom stereocenters. The molecule has 3 aromatic heterocycles. The molecule has 0 bridgehead atoms. The van der Waals surface area contributed by atoms with Crippen LogP contribution in [0.2, 0.25) is 0 Å². The fraction of sp³-hybridized carbons (Fsp3) is 0.231. The Kier molecular flexibility index (Phi) is 6.59. The van der Waals surface area contributed by atoms with Crippen molar-refractivity contribution in [1.29, 1.82) is 0 Å². The van der Waals surface area contributed by atoms with Crippen molar-refractivity contribution in [1.82, 2.24) is 34.9 Å². The number of halogens is 1. The van der Waals surface area contributed by atoms with E-state index in [4.69, 9.17) is 10.8 Å². The number of hydrogen-bond acceptors (Lipinski definition) is 7. The van der Waals surface area contributed by atoms with Crippen LogP contribution in [-0.4, -0.2) is 54.5 Å². The molecular formula is C26H25FN8O2. The lowest BCUT2D eigenvalue weighted by Crippen LogP contribution is -2.40. The highest BCUT2D eigenvalue weighted by Gasteiger charge is 2.28. The summed E-state index contributed by atoms with van der Waals surface area (Å²) < 4.78 is 15.6. The number of aromatic nitrogens is 5. The van der Waals surface area contributed by atoms with Crippen LogP contribution in [0, 0.1) is 5.95 Å². The molecule has 0 saturated carbocycles. The molecule has 0 aliphatic carbocycles. The van der Waals surface area contributed by atoms with Crippen LogP contribution < -0.4 is 11.1 Å². The number of pyridine rings is 1. The van der Waals surface area contributed by atoms with Crippen molar-refractivity contribution in [2.24, 2.45) is 0 Å². The molecule has 1 fully saturated rings. The average Bonchev–Trinajstić information content (AvgIpc) is 3.33. The number of benzene rings is 1. The zero-order valence-corrected chi connectivity index (χ0v) is 20.0. The van der Waals surface area contributed by atoms with Gasteiger partial charge in [-0.1, -0.05) is 30.8 Å². The van der Waals surface area contributed by atoms with Gasteiger partial charge in [-0.15, -0.1) is 0 Å². The van der Waals surface area contributed by atoms with Crippen molar-refractivity contribution >= 4 is 28.7 Å². The van der Waals surface area contributed by atoms with Crippen molar-refractivity contribution in [2.75, 3.05) is 18.8 Å². The number of carbonyl (C=O) groups is 2. The van der Waals surface area contributed by atoms with Crippen LogP contribution in [0.1, 0.15) is 34.8 Å². The Morgan fingerprint density at radius 1 is 1.19 bits per heavy atom. The van der Waals surface area contributed by atoms with Gasteiger partial charge < -0.3 is 16.0 Å². The standard InChI is InChI=1S/C26H25FN8O2/c1-2-20(36)34-12-4-5-18(14-34)35-25-21(24(28)31-15-32-25)22(33-35)17-9-7-16(8-10-17)13-30-26(37)19-6-3-11-29-23(19)27/h2-3,6-11,15,18H,1,4-5,12-14H2,(H,30,37)(H2,28,31,32)/t18-/m1/s1. The Labute approximate surface area is 212 Å². The second kappa shape index (κ2) is 10.1. The predicted octanol–water partition coefficient (Wildman–Crippen LogP) is 2.89. The topological polar surface area (TPSA) is 132 Å². The van der Waals surface area contributed by atoms with Gasteiger partial charge >= 0.3 is 0 Å². The molecule has 1 aliphatic rings. The number of nitrogens with two attached hydrogens (primary N) is 1. The van der Waals surface area contributed by atoms with Crippen molar-refractivity contribution < 1.29 is 14.0 Å². The molecule has 5 rings (SSSR count). The summed E-state index contributed by atoms with van der Waals surface area (Å²) >= 11 is 0. The molecule has 10 nitrogen and oxygen atoms in total. The van der Waals surface area contributed by atoms with Crippen LogP contribution in [-0.2, 0) is 11.3 Å². The number of fused-ring (bicyclic) bond motifs is 1. The first-order valence-electron chi connectivity index (χ1n) is 11.8. The molecule has 2 amide bonds. The Hall–Kier alpha value is -4.67. The first-order valence-corrected chi connectivity index (χ1v) is 11.8. The molecule has 188 valence electrons. The van der Waals surface area contributed by atoms with Gasteiger partial charge in [-0.05, 0) is 36.6 Å². The van der Waals surface area contributed by atoms with Crippen LogP contribution >= 0.6 is 0 Å². The molecule has 1 aliphatic heterocycles. The largest absolute Gasteiger partial charge is 0.383 e. The molecule has 4 heterocycles. The molecule has 1 aromatic carbocycles. The fourth-order valence-electron chi connectivity index (χ4n) is 4.55. The Morgan fingerprint density at radius 2 is 2.00 bits per heavy atom. The van der Waals surface area contributed by atoms with Crippen molar-refractivity contribution in [3.05, 3.63) is 78.7 Å². The molecule has 37 heavy (non-hydrogen) atoms. The van der Waals surface area contributed by atoms with E-state index in [2.05, 4.69) is 26.8 Å². The summed E-state index contributed by atoms with van der Waals surface area (Å²) in [6.07, 6.45) is 5.71. The average molecular weight is 501 g/mol. The summed E-state index contributed by atoms with van der Waals surface area (Å²) in [4.78, 5) is 38.4. The fourth-order valence-corrected chi connectivity index (χ4v) is 4.55. The lowest BCUT2D eigenvalue weighted by atomic mass is 10.1. The highest BCUT2D eigenvalue weighted by molar-refractivity contribution is 5.98.